The van der Waals surface area contributed by atoms with Crippen molar-refractivity contribution < 1.29 is 62.5 Å². The summed E-state index contributed by atoms with van der Waals surface area (Å²) in [4.78, 5) is 66.3. The average molecular weight is 1120 g/mol. The predicted octanol–water partition coefficient (Wildman–Crippen LogP) is 6.05. The van der Waals surface area contributed by atoms with Gasteiger partial charge in [-0.05, 0) is 92.4 Å². The van der Waals surface area contributed by atoms with E-state index in [1.807, 2.05) is 29.2 Å². The first-order valence-corrected chi connectivity index (χ1v) is 28.0. The third kappa shape index (κ3) is 18.4. The maximum Gasteiger partial charge on any atom is 0.299 e. The van der Waals surface area contributed by atoms with Gasteiger partial charge in [-0.25, -0.2) is 0 Å². The topological polar surface area (TPSA) is 281 Å². The lowest BCUT2D eigenvalue weighted by Gasteiger charge is -2.46. The Bertz CT molecular complexity index is 2650. The second kappa shape index (κ2) is 31.6. The number of nitro benzene ring substituents is 2. The van der Waals surface area contributed by atoms with E-state index in [-0.39, 0.29) is 79.5 Å². The number of nitrogens with zero attached hydrogens (tertiary/aromatic N) is 4. The van der Waals surface area contributed by atoms with Crippen molar-refractivity contribution in [1.82, 2.24) is 20.1 Å². The Morgan fingerprint density at radius 2 is 1.44 bits per heavy atom. The van der Waals surface area contributed by atoms with Crippen LogP contribution in [0.1, 0.15) is 73.5 Å². The van der Waals surface area contributed by atoms with Crippen molar-refractivity contribution in [3.63, 3.8) is 0 Å². The summed E-state index contributed by atoms with van der Waals surface area (Å²) < 4.78 is 39.1. The fraction of sp³-hybridized carbons (Fsp3) is 0.596. The minimum Gasteiger partial charge on any atom is -0.491 e. The van der Waals surface area contributed by atoms with Crippen LogP contribution in [0.5, 0.6) is 5.75 Å². The highest BCUT2D eigenvalue weighted by molar-refractivity contribution is 5.98. The number of hydrogen-bond acceptors (Lipinski definition) is 18. The minimum atomic E-state index is -0.694. The number of hydrogen-bond donors (Lipinski definition) is 5. The zero-order chi connectivity index (χ0) is 56.7. The second-order valence-electron chi connectivity index (χ2n) is 20.8. The molecule has 2 amide bonds. The SMILES string of the molecule is Cc1ccc2c(c1)NC[C@]21CCN(C[C@@H](O)C2CCN(C(=O)c3cc4ccc(OCCOCCOCCOCCCC(=O)CCC(=O)NCCOCCOCCOCCNc5ccc([N+](=O)[O-])cc5[N+](=O)[O-])cc4[nH]3)CC2)C[C@H]1C. The fourth-order valence-electron chi connectivity index (χ4n) is 10.6. The highest BCUT2D eigenvalue weighted by Gasteiger charge is 2.46. The molecule has 5 N–H and O–H groups in total. The Labute approximate surface area is 466 Å². The summed E-state index contributed by atoms with van der Waals surface area (Å²) in [5.41, 5.74) is 4.92. The summed E-state index contributed by atoms with van der Waals surface area (Å²) in [6.07, 6.45) is 3.35. The molecular weight excluding hydrogens is 1040 g/mol. The highest BCUT2D eigenvalue weighted by Crippen LogP contribution is 2.47. The van der Waals surface area contributed by atoms with Crippen LogP contribution in [0.4, 0.5) is 22.7 Å². The maximum absolute atomic E-state index is 13.6. The number of carbonyl (C=O) groups is 3. The number of nitrogens with one attached hydrogen (secondary N) is 4. The fourth-order valence-corrected chi connectivity index (χ4v) is 10.6. The number of rotatable bonds is 36. The van der Waals surface area contributed by atoms with Gasteiger partial charge in [0.05, 0.1) is 94.7 Å². The van der Waals surface area contributed by atoms with Gasteiger partial charge in [-0.15, -0.1) is 0 Å². The number of aliphatic hydroxyl groups is 1. The molecule has 3 atom stereocenters. The van der Waals surface area contributed by atoms with Crippen LogP contribution in [0.15, 0.2) is 60.7 Å². The molecule has 1 aromatic heterocycles. The number of aromatic nitrogens is 1. The zero-order valence-corrected chi connectivity index (χ0v) is 46.3. The molecule has 2 saturated heterocycles. The third-order valence-corrected chi connectivity index (χ3v) is 15.2. The van der Waals surface area contributed by atoms with Crippen LogP contribution >= 0.6 is 0 Å². The summed E-state index contributed by atoms with van der Waals surface area (Å²) in [7, 11) is 0. The third-order valence-electron chi connectivity index (χ3n) is 15.2. The molecule has 1 spiro atoms. The number of amides is 2. The summed E-state index contributed by atoms with van der Waals surface area (Å²) >= 11 is 0. The van der Waals surface area contributed by atoms with Gasteiger partial charge in [0.1, 0.15) is 29.5 Å². The van der Waals surface area contributed by atoms with Crippen LogP contribution in [0, 0.1) is 39.0 Å². The molecule has 7 rings (SSSR count). The monoisotopic (exact) mass is 1120 g/mol. The quantitative estimate of drug-likeness (QED) is 0.0197. The predicted molar refractivity (Wildman–Crippen MR) is 300 cm³/mol. The molecule has 4 aromatic rings. The van der Waals surface area contributed by atoms with Gasteiger partial charge in [-0.2, -0.15) is 0 Å². The molecule has 4 heterocycles. The zero-order valence-electron chi connectivity index (χ0n) is 46.3. The van der Waals surface area contributed by atoms with E-state index in [2.05, 4.69) is 57.9 Å². The number of H-pyrrole nitrogens is 1. The molecule has 0 saturated carbocycles. The summed E-state index contributed by atoms with van der Waals surface area (Å²) in [5.74, 6) is 1.05. The van der Waals surface area contributed by atoms with Crippen molar-refractivity contribution in [2.75, 3.05) is 149 Å². The van der Waals surface area contributed by atoms with E-state index in [0.717, 1.165) is 55.9 Å². The number of fused-ring (bicyclic) bond motifs is 3. The van der Waals surface area contributed by atoms with Gasteiger partial charge in [-0.1, -0.05) is 19.1 Å². The van der Waals surface area contributed by atoms with Crippen molar-refractivity contribution in [3.8, 4) is 5.75 Å². The number of β-amino-alcohol motifs (C(OH)–C–C–N with tert-alkyl or cyclic N) is 1. The summed E-state index contributed by atoms with van der Waals surface area (Å²) in [6.45, 7) is 14.3. The van der Waals surface area contributed by atoms with Gasteiger partial charge >= 0.3 is 0 Å². The number of non-ortho nitro benzene ring substituents is 1. The van der Waals surface area contributed by atoms with E-state index >= 15 is 0 Å². The summed E-state index contributed by atoms with van der Waals surface area (Å²) in [6, 6.07) is 17.8. The lowest BCUT2D eigenvalue weighted by atomic mass is 9.67. The number of ketones is 1. The van der Waals surface area contributed by atoms with Gasteiger partial charge in [0.2, 0.25) is 5.91 Å². The van der Waals surface area contributed by atoms with Gasteiger partial charge in [0, 0.05) is 106 Å². The van der Waals surface area contributed by atoms with Crippen LogP contribution in [-0.2, 0) is 43.4 Å². The van der Waals surface area contributed by atoms with Crippen LogP contribution in [-0.4, -0.2) is 192 Å². The molecule has 0 radical (unpaired) electrons. The number of likely N-dealkylation sites (tertiary alicyclic amines) is 2. The number of Topliss-reactive ketones (excluding diaryl/α,β-unsaturated/α-hetero) is 1. The van der Waals surface area contributed by atoms with Gasteiger partial charge in [-0.3, -0.25) is 34.6 Å². The first kappa shape index (κ1) is 61.3. The Morgan fingerprint density at radius 1 is 0.762 bits per heavy atom. The van der Waals surface area contributed by atoms with Crippen LogP contribution in [0.25, 0.3) is 10.9 Å². The standard InChI is InChI=1S/C57H80N8O15/c1-41-5-10-48-51(34-41)60-40-57(48)15-20-62(38-42(57)2)39-54(67)43-13-18-63(19-14-43)56(69)52-35-44-6-9-47(37-50(44)61-52)80-33-32-79-31-30-77-27-24-74-21-3-4-46(66)8-12-55(68)59-17-23-76-26-29-78-28-25-75-22-16-58-49-11-7-45(64(70)71)36-53(49)65(72)73/h5-7,9-11,34-37,42-43,54,58,60-61,67H,3-4,8,12-33,38-40H2,1-2H3,(H,59,68)/t42-,54-,57+/m1/s1. The number of aliphatic hydroxyl groups excluding tert-OH is 1. The average Bonchev–Trinajstić information content (AvgIpc) is 4.15. The molecule has 23 nitrogen and oxygen atoms in total. The van der Waals surface area contributed by atoms with Crippen LogP contribution < -0.4 is 20.7 Å². The Kier molecular flexibility index (Phi) is 24.2. The largest absolute Gasteiger partial charge is 0.491 e. The lowest BCUT2D eigenvalue weighted by Crippen LogP contribution is -2.52. The number of aromatic amines is 1. The van der Waals surface area contributed by atoms with E-state index in [9.17, 15) is 39.7 Å². The van der Waals surface area contributed by atoms with E-state index < -0.39 is 21.6 Å². The molecule has 3 aromatic carbocycles. The lowest BCUT2D eigenvalue weighted by molar-refractivity contribution is -0.393. The van der Waals surface area contributed by atoms with Crippen molar-refractivity contribution in [2.24, 2.45) is 11.8 Å². The van der Waals surface area contributed by atoms with Crippen molar-refractivity contribution in [2.45, 2.75) is 70.3 Å². The molecule has 438 valence electrons. The molecule has 3 aliphatic rings. The Hall–Kier alpha value is -6.31. The first-order chi connectivity index (χ1) is 38.8. The first-order valence-electron chi connectivity index (χ1n) is 28.0. The number of piperidine rings is 2. The Morgan fingerprint density at radius 3 is 2.12 bits per heavy atom. The second-order valence-corrected chi connectivity index (χ2v) is 20.8. The van der Waals surface area contributed by atoms with Crippen molar-refractivity contribution >= 4 is 51.3 Å². The van der Waals surface area contributed by atoms with E-state index in [4.69, 9.17) is 33.2 Å². The van der Waals surface area contributed by atoms with Crippen molar-refractivity contribution in [1.29, 1.82) is 0 Å². The van der Waals surface area contributed by atoms with Gasteiger partial charge in [0.15, 0.2) is 0 Å². The molecule has 23 heteroatoms. The van der Waals surface area contributed by atoms with Crippen LogP contribution in [0.2, 0.25) is 0 Å². The molecular formula is C57H80N8O15. The molecule has 2 fully saturated rings. The normalized spacial score (nSPS) is 17.8. The minimum absolute atomic E-state index is 0.00937. The number of aryl methyl sites for hydroxylation is 1. The number of nitro groups is 2. The van der Waals surface area contributed by atoms with E-state index in [1.54, 1.807) is 0 Å². The smallest absolute Gasteiger partial charge is 0.299 e. The van der Waals surface area contributed by atoms with Gasteiger partial charge < -0.3 is 69.0 Å². The van der Waals surface area contributed by atoms with Crippen LogP contribution in [0.3, 0.4) is 0 Å². The molecule has 3 aliphatic heterocycles. The molecule has 0 unspecified atom stereocenters. The van der Waals surface area contributed by atoms with Gasteiger partial charge in [0.25, 0.3) is 17.3 Å². The molecule has 0 aliphatic carbocycles. The number of ether oxygens (including phenoxy) is 7. The van der Waals surface area contributed by atoms with E-state index in [1.165, 1.54) is 28.9 Å². The highest BCUT2D eigenvalue weighted by atomic mass is 16.6. The number of carbonyl (C=O) groups excluding carboxylic acids is 3. The summed E-state index contributed by atoms with van der Waals surface area (Å²) in [5, 5.41) is 43.6. The molecule has 0 bridgehead atoms. The maximum atomic E-state index is 13.6. The number of benzene rings is 3. The van der Waals surface area contributed by atoms with E-state index in [0.29, 0.717) is 122 Å². The molecule has 80 heavy (non-hydrogen) atoms. The number of anilines is 2. The Balaban J connectivity index is 0.620. The van der Waals surface area contributed by atoms with Crippen molar-refractivity contribution in [3.05, 3.63) is 97.7 Å².